The van der Waals surface area contributed by atoms with Crippen molar-refractivity contribution in [2.75, 3.05) is 0 Å². The Morgan fingerprint density at radius 1 is 1.05 bits per heavy atom. The number of rotatable bonds is 2. The van der Waals surface area contributed by atoms with Gasteiger partial charge in [0.1, 0.15) is 17.7 Å². The Balaban J connectivity index is 2.56. The van der Waals surface area contributed by atoms with Crippen LogP contribution >= 0.6 is 39.1 Å². The minimum atomic E-state index is -1.44. The molecular weight excluding hydrogens is 361 g/mol. The fraction of sp³-hybridized carbons (Fsp3) is 0.0769. The van der Waals surface area contributed by atoms with Crippen LogP contribution in [-0.2, 0) is 0 Å². The third kappa shape index (κ3) is 2.92. The second-order valence-corrected chi connectivity index (χ2v) is 5.49. The first kappa shape index (κ1) is 14.7. The zero-order chi connectivity index (χ0) is 14.2. The van der Waals surface area contributed by atoms with Crippen molar-refractivity contribution in [1.29, 1.82) is 0 Å². The minimum absolute atomic E-state index is 0.0220. The molecule has 0 spiro atoms. The molecule has 0 saturated carbocycles. The van der Waals surface area contributed by atoms with Crippen molar-refractivity contribution in [3.63, 3.8) is 0 Å². The molecule has 19 heavy (non-hydrogen) atoms. The summed E-state index contributed by atoms with van der Waals surface area (Å²) < 4.78 is 27.2. The van der Waals surface area contributed by atoms with Crippen molar-refractivity contribution in [2.45, 2.75) is 6.10 Å². The number of aliphatic hydroxyl groups is 1. The molecule has 100 valence electrons. The van der Waals surface area contributed by atoms with Gasteiger partial charge in [0.05, 0.1) is 4.47 Å². The van der Waals surface area contributed by atoms with Crippen LogP contribution in [-0.4, -0.2) is 5.11 Å². The molecule has 0 fully saturated rings. The summed E-state index contributed by atoms with van der Waals surface area (Å²) in [6.45, 7) is 0. The minimum Gasteiger partial charge on any atom is -0.383 e. The standard InChI is InChI=1S/C13H7BrCl2F2O/c14-7-5-10(17)6(4-11(7)18)13(19)12-8(15)2-1-3-9(12)16/h1-5,13,19H. The van der Waals surface area contributed by atoms with Gasteiger partial charge in [0.2, 0.25) is 0 Å². The van der Waals surface area contributed by atoms with Crippen molar-refractivity contribution in [3.8, 4) is 0 Å². The van der Waals surface area contributed by atoms with E-state index in [0.29, 0.717) is 0 Å². The Hall–Kier alpha value is -0.680. The van der Waals surface area contributed by atoms with E-state index >= 15 is 0 Å². The molecule has 1 unspecified atom stereocenters. The second-order valence-electron chi connectivity index (χ2n) is 3.83. The van der Waals surface area contributed by atoms with Gasteiger partial charge in [0.25, 0.3) is 0 Å². The lowest BCUT2D eigenvalue weighted by atomic mass is 10.0. The number of benzene rings is 2. The Morgan fingerprint density at radius 2 is 1.63 bits per heavy atom. The molecule has 0 aliphatic heterocycles. The molecule has 0 aromatic heterocycles. The Kier molecular flexibility index (Phi) is 4.46. The first-order valence-electron chi connectivity index (χ1n) is 5.18. The molecule has 0 amide bonds. The van der Waals surface area contributed by atoms with E-state index in [4.69, 9.17) is 23.2 Å². The average molecular weight is 368 g/mol. The van der Waals surface area contributed by atoms with Gasteiger partial charge in [-0.2, -0.15) is 0 Å². The Labute approximate surface area is 126 Å². The van der Waals surface area contributed by atoms with Crippen LogP contribution in [0.2, 0.25) is 10.0 Å². The molecule has 2 aromatic carbocycles. The van der Waals surface area contributed by atoms with Crippen molar-refractivity contribution >= 4 is 39.1 Å². The van der Waals surface area contributed by atoms with Gasteiger partial charge >= 0.3 is 0 Å². The smallest absolute Gasteiger partial charge is 0.137 e. The highest BCUT2D eigenvalue weighted by atomic mass is 79.9. The molecule has 1 atom stereocenters. The molecule has 0 aliphatic rings. The predicted octanol–water partition coefficient (Wildman–Crippen LogP) is 5.12. The first-order chi connectivity index (χ1) is 8.91. The highest BCUT2D eigenvalue weighted by molar-refractivity contribution is 9.10. The van der Waals surface area contributed by atoms with Gasteiger partial charge in [-0.05, 0) is 40.2 Å². The summed E-state index contributed by atoms with van der Waals surface area (Å²) >= 11 is 14.7. The van der Waals surface area contributed by atoms with Crippen molar-refractivity contribution in [2.24, 2.45) is 0 Å². The van der Waals surface area contributed by atoms with Crippen LogP contribution in [0.1, 0.15) is 17.2 Å². The van der Waals surface area contributed by atoms with Gasteiger partial charge in [-0.25, -0.2) is 8.78 Å². The maximum atomic E-state index is 13.8. The fourth-order valence-corrected chi connectivity index (χ4v) is 2.59. The quantitative estimate of drug-likeness (QED) is 0.730. The van der Waals surface area contributed by atoms with E-state index in [1.54, 1.807) is 6.07 Å². The average Bonchev–Trinajstić information content (AvgIpc) is 2.33. The van der Waals surface area contributed by atoms with E-state index < -0.39 is 17.7 Å². The van der Waals surface area contributed by atoms with Gasteiger partial charge in [-0.15, -0.1) is 0 Å². The monoisotopic (exact) mass is 366 g/mol. The zero-order valence-electron chi connectivity index (χ0n) is 9.30. The number of hydrogen-bond acceptors (Lipinski definition) is 1. The van der Waals surface area contributed by atoms with Crippen molar-refractivity contribution in [1.82, 2.24) is 0 Å². The third-order valence-corrected chi connectivity index (χ3v) is 3.87. The fourth-order valence-electron chi connectivity index (χ4n) is 1.67. The summed E-state index contributed by atoms with van der Waals surface area (Å²) in [6, 6.07) is 6.47. The zero-order valence-corrected chi connectivity index (χ0v) is 12.4. The lowest BCUT2D eigenvalue weighted by Gasteiger charge is -2.16. The normalized spacial score (nSPS) is 12.5. The van der Waals surface area contributed by atoms with E-state index in [2.05, 4.69) is 15.9 Å². The molecule has 2 rings (SSSR count). The van der Waals surface area contributed by atoms with Crippen LogP contribution in [0.25, 0.3) is 0 Å². The summed E-state index contributed by atoms with van der Waals surface area (Å²) in [7, 11) is 0. The van der Waals surface area contributed by atoms with Crippen LogP contribution in [0.5, 0.6) is 0 Å². The Morgan fingerprint density at radius 3 is 2.21 bits per heavy atom. The molecule has 0 heterocycles. The Bertz CT molecular complexity index is 614. The molecule has 0 aliphatic carbocycles. The summed E-state index contributed by atoms with van der Waals surface area (Å²) in [5.41, 5.74) is -0.0813. The van der Waals surface area contributed by atoms with Crippen molar-refractivity contribution in [3.05, 3.63) is 67.6 Å². The third-order valence-electron chi connectivity index (χ3n) is 2.61. The molecule has 1 N–H and O–H groups in total. The second kappa shape index (κ2) is 5.75. The molecule has 0 radical (unpaired) electrons. The number of aliphatic hydroxyl groups excluding tert-OH is 1. The topological polar surface area (TPSA) is 20.2 Å². The van der Waals surface area contributed by atoms with Crippen LogP contribution in [0, 0.1) is 11.6 Å². The van der Waals surface area contributed by atoms with Gasteiger partial charge in [-0.3, -0.25) is 0 Å². The van der Waals surface area contributed by atoms with Crippen LogP contribution in [0.3, 0.4) is 0 Å². The van der Waals surface area contributed by atoms with Crippen LogP contribution < -0.4 is 0 Å². The number of halogens is 5. The summed E-state index contributed by atoms with van der Waals surface area (Å²) in [5.74, 6) is -1.43. The lowest BCUT2D eigenvalue weighted by Crippen LogP contribution is -2.05. The molecular formula is C13H7BrCl2F2O. The molecule has 0 bridgehead atoms. The SMILES string of the molecule is OC(c1cc(F)c(Br)cc1F)c1c(Cl)cccc1Cl. The maximum absolute atomic E-state index is 13.8. The molecule has 1 nitrogen and oxygen atoms in total. The maximum Gasteiger partial charge on any atom is 0.137 e. The van der Waals surface area contributed by atoms with E-state index in [1.807, 2.05) is 0 Å². The predicted molar refractivity (Wildman–Crippen MR) is 74.6 cm³/mol. The summed E-state index contributed by atoms with van der Waals surface area (Å²) in [5, 5.41) is 10.5. The van der Waals surface area contributed by atoms with Gasteiger partial charge in [-0.1, -0.05) is 29.3 Å². The van der Waals surface area contributed by atoms with E-state index in [-0.39, 0.29) is 25.6 Å². The molecule has 6 heteroatoms. The van der Waals surface area contributed by atoms with Gasteiger partial charge < -0.3 is 5.11 Å². The lowest BCUT2D eigenvalue weighted by molar-refractivity contribution is 0.214. The largest absolute Gasteiger partial charge is 0.383 e. The van der Waals surface area contributed by atoms with E-state index in [0.717, 1.165) is 12.1 Å². The van der Waals surface area contributed by atoms with Gasteiger partial charge in [0, 0.05) is 21.2 Å². The molecule has 0 saturated heterocycles. The summed E-state index contributed by atoms with van der Waals surface area (Å²) in [4.78, 5) is 0. The van der Waals surface area contributed by atoms with Crippen LogP contribution in [0.4, 0.5) is 8.78 Å². The van der Waals surface area contributed by atoms with Crippen LogP contribution in [0.15, 0.2) is 34.8 Å². The molecule has 2 aromatic rings. The first-order valence-corrected chi connectivity index (χ1v) is 6.73. The highest BCUT2D eigenvalue weighted by Gasteiger charge is 2.22. The van der Waals surface area contributed by atoms with Gasteiger partial charge in [0.15, 0.2) is 0 Å². The number of hydrogen-bond donors (Lipinski definition) is 1. The highest BCUT2D eigenvalue weighted by Crippen LogP contribution is 2.36. The van der Waals surface area contributed by atoms with Crippen molar-refractivity contribution < 1.29 is 13.9 Å². The summed E-state index contributed by atoms with van der Waals surface area (Å²) in [6.07, 6.45) is -1.44. The van der Waals surface area contributed by atoms with E-state index in [9.17, 15) is 13.9 Å². The van der Waals surface area contributed by atoms with E-state index in [1.165, 1.54) is 12.1 Å².